The number of nitro benzene ring substituents is 1. The van der Waals surface area contributed by atoms with E-state index in [2.05, 4.69) is 0 Å². The molecule has 2 aromatic carbocycles. The Morgan fingerprint density at radius 2 is 1.76 bits per heavy atom. The van der Waals surface area contributed by atoms with E-state index in [9.17, 15) is 20.3 Å². The highest BCUT2D eigenvalue weighted by molar-refractivity contribution is 5.71. The Hall–Kier alpha value is -2.56. The lowest BCUT2D eigenvalue weighted by molar-refractivity contribution is -0.384. The van der Waals surface area contributed by atoms with Crippen LogP contribution in [-0.4, -0.2) is 10.0 Å². The summed E-state index contributed by atoms with van der Waals surface area (Å²) in [7, 11) is 0. The number of hydrogen-bond donors (Lipinski definition) is 1. The van der Waals surface area contributed by atoms with Crippen molar-refractivity contribution >= 4 is 5.69 Å². The predicted octanol–water partition coefficient (Wildman–Crippen LogP) is 4.41. The van der Waals surface area contributed by atoms with E-state index in [1.807, 2.05) is 20.8 Å². The molecular formula is C16H16NO4. The van der Waals surface area contributed by atoms with Crippen LogP contribution in [0.15, 0.2) is 36.4 Å². The van der Waals surface area contributed by atoms with Gasteiger partial charge in [-0.25, -0.2) is 0 Å². The molecule has 0 saturated carbocycles. The van der Waals surface area contributed by atoms with E-state index >= 15 is 0 Å². The van der Waals surface area contributed by atoms with E-state index in [1.54, 1.807) is 18.2 Å². The summed E-state index contributed by atoms with van der Waals surface area (Å²) in [5, 5.41) is 32.7. The molecule has 1 radical (unpaired) electrons. The summed E-state index contributed by atoms with van der Waals surface area (Å²) in [5.74, 6) is -0.749. The number of nitro groups is 1. The van der Waals surface area contributed by atoms with Crippen LogP contribution in [0.25, 0.3) is 11.1 Å². The van der Waals surface area contributed by atoms with Crippen molar-refractivity contribution < 1.29 is 15.1 Å². The monoisotopic (exact) mass is 286 g/mol. The predicted molar refractivity (Wildman–Crippen MR) is 79.0 cm³/mol. The van der Waals surface area contributed by atoms with Gasteiger partial charge in [-0.1, -0.05) is 32.9 Å². The highest BCUT2D eigenvalue weighted by atomic mass is 16.6. The van der Waals surface area contributed by atoms with E-state index in [4.69, 9.17) is 0 Å². The molecule has 0 heterocycles. The minimum absolute atomic E-state index is 0.0319. The van der Waals surface area contributed by atoms with Gasteiger partial charge >= 0.3 is 0 Å². The average molecular weight is 286 g/mol. The molecule has 0 spiro atoms. The molecule has 0 unspecified atom stereocenters. The summed E-state index contributed by atoms with van der Waals surface area (Å²) in [5.41, 5.74) is 1.19. The van der Waals surface area contributed by atoms with Crippen molar-refractivity contribution in [3.05, 3.63) is 52.1 Å². The minimum atomic E-state index is -0.476. The Kier molecular flexibility index (Phi) is 3.60. The van der Waals surface area contributed by atoms with Crippen LogP contribution in [0.4, 0.5) is 5.69 Å². The fraction of sp³-hybridized carbons (Fsp3) is 0.250. The molecule has 2 aromatic rings. The Balaban J connectivity index is 2.63. The third kappa shape index (κ3) is 2.97. The lowest BCUT2D eigenvalue weighted by Gasteiger charge is -2.21. The summed E-state index contributed by atoms with van der Waals surface area (Å²) >= 11 is 0. The molecular weight excluding hydrogens is 270 g/mol. The van der Waals surface area contributed by atoms with Gasteiger partial charge in [0.1, 0.15) is 0 Å². The quantitative estimate of drug-likeness (QED) is 0.655. The van der Waals surface area contributed by atoms with Crippen LogP contribution in [0.5, 0.6) is 11.5 Å². The fourth-order valence-electron chi connectivity index (χ4n) is 2.14. The number of nitrogens with zero attached hydrogens (tertiary/aromatic N) is 1. The molecule has 0 aliphatic rings. The Bertz CT molecular complexity index is 702. The van der Waals surface area contributed by atoms with Crippen molar-refractivity contribution in [3.63, 3.8) is 0 Å². The highest BCUT2D eigenvalue weighted by Crippen LogP contribution is 2.41. The SMILES string of the molecule is CC(C)(C)c1cc(-c2cccc([N+](=O)[O-])c2)cc(O)c1[O]. The Morgan fingerprint density at radius 3 is 2.33 bits per heavy atom. The van der Waals surface area contributed by atoms with Crippen molar-refractivity contribution in [2.45, 2.75) is 26.2 Å². The zero-order chi connectivity index (χ0) is 15.8. The second-order valence-electron chi connectivity index (χ2n) is 5.93. The lowest BCUT2D eigenvalue weighted by atomic mass is 9.84. The largest absolute Gasteiger partial charge is 0.504 e. The zero-order valence-corrected chi connectivity index (χ0v) is 12.1. The number of hydrogen-bond acceptors (Lipinski definition) is 3. The van der Waals surface area contributed by atoms with Crippen molar-refractivity contribution in [2.24, 2.45) is 0 Å². The molecule has 21 heavy (non-hydrogen) atoms. The normalized spacial score (nSPS) is 11.4. The first kappa shape index (κ1) is 14.8. The van der Waals surface area contributed by atoms with Crippen molar-refractivity contribution in [3.8, 4) is 22.6 Å². The summed E-state index contributed by atoms with van der Waals surface area (Å²) < 4.78 is 0. The number of non-ortho nitro benzene ring substituents is 1. The van der Waals surface area contributed by atoms with Gasteiger partial charge in [0.2, 0.25) is 5.75 Å². The second kappa shape index (κ2) is 5.09. The standard InChI is InChI=1S/C16H16NO4/c1-16(2,3)13-8-11(9-14(18)15(13)19)10-5-4-6-12(7-10)17(20)21/h4-9,18H,1-3H3. The summed E-state index contributed by atoms with van der Waals surface area (Å²) in [6.45, 7) is 5.63. The van der Waals surface area contributed by atoms with Crippen molar-refractivity contribution in [2.75, 3.05) is 0 Å². The van der Waals surface area contributed by atoms with Gasteiger partial charge in [0.15, 0.2) is 5.75 Å². The van der Waals surface area contributed by atoms with Crippen LogP contribution >= 0.6 is 0 Å². The van der Waals surface area contributed by atoms with Gasteiger partial charge in [-0.05, 0) is 28.7 Å². The first-order valence-corrected chi connectivity index (χ1v) is 6.49. The smallest absolute Gasteiger partial charge is 0.270 e. The number of aromatic hydroxyl groups is 1. The lowest BCUT2D eigenvalue weighted by Crippen LogP contribution is -2.11. The molecule has 109 valence electrons. The molecule has 5 heteroatoms. The van der Waals surface area contributed by atoms with Gasteiger partial charge in [-0.2, -0.15) is 0 Å². The molecule has 0 aliphatic heterocycles. The Labute approximate surface area is 122 Å². The third-order valence-corrected chi connectivity index (χ3v) is 3.27. The second-order valence-corrected chi connectivity index (χ2v) is 5.93. The van der Waals surface area contributed by atoms with Gasteiger partial charge in [0, 0.05) is 17.7 Å². The van der Waals surface area contributed by atoms with E-state index in [1.165, 1.54) is 18.2 Å². The summed E-state index contributed by atoms with van der Waals surface area (Å²) in [6, 6.07) is 9.13. The highest BCUT2D eigenvalue weighted by Gasteiger charge is 2.23. The molecule has 0 fully saturated rings. The van der Waals surface area contributed by atoms with Crippen LogP contribution in [-0.2, 0) is 10.5 Å². The molecule has 5 nitrogen and oxygen atoms in total. The van der Waals surface area contributed by atoms with Gasteiger partial charge in [-0.15, -0.1) is 0 Å². The maximum atomic E-state index is 12.0. The van der Waals surface area contributed by atoms with Crippen molar-refractivity contribution in [1.29, 1.82) is 0 Å². The van der Waals surface area contributed by atoms with Crippen molar-refractivity contribution in [1.82, 2.24) is 0 Å². The maximum Gasteiger partial charge on any atom is 0.270 e. The van der Waals surface area contributed by atoms with Crippen LogP contribution in [0, 0.1) is 10.1 Å². The first-order chi connectivity index (χ1) is 9.70. The van der Waals surface area contributed by atoms with E-state index in [0.717, 1.165) is 0 Å². The summed E-state index contributed by atoms with van der Waals surface area (Å²) in [6.07, 6.45) is 0. The molecule has 0 saturated heterocycles. The third-order valence-electron chi connectivity index (χ3n) is 3.27. The first-order valence-electron chi connectivity index (χ1n) is 6.49. The van der Waals surface area contributed by atoms with Gasteiger partial charge in [0.25, 0.3) is 5.69 Å². The fourth-order valence-corrected chi connectivity index (χ4v) is 2.14. The molecule has 0 amide bonds. The van der Waals surface area contributed by atoms with Gasteiger partial charge < -0.3 is 5.11 Å². The van der Waals surface area contributed by atoms with Crippen LogP contribution in [0.1, 0.15) is 26.3 Å². The Morgan fingerprint density at radius 1 is 1.10 bits per heavy atom. The van der Waals surface area contributed by atoms with Gasteiger partial charge in [-0.3, -0.25) is 15.2 Å². The maximum absolute atomic E-state index is 12.0. The van der Waals surface area contributed by atoms with Crippen LogP contribution < -0.4 is 0 Å². The average Bonchev–Trinajstić information content (AvgIpc) is 2.40. The van der Waals surface area contributed by atoms with Crippen LogP contribution in [0.2, 0.25) is 0 Å². The zero-order valence-electron chi connectivity index (χ0n) is 12.1. The molecule has 1 N–H and O–H groups in total. The molecule has 0 aromatic heterocycles. The topological polar surface area (TPSA) is 83.3 Å². The minimum Gasteiger partial charge on any atom is -0.504 e. The van der Waals surface area contributed by atoms with Gasteiger partial charge in [0.05, 0.1) is 4.92 Å². The molecule has 0 aliphatic carbocycles. The number of benzene rings is 2. The molecule has 2 rings (SSSR count). The van der Waals surface area contributed by atoms with E-state index < -0.39 is 16.1 Å². The molecule has 0 bridgehead atoms. The van der Waals surface area contributed by atoms with E-state index in [-0.39, 0.29) is 11.4 Å². The summed E-state index contributed by atoms with van der Waals surface area (Å²) in [4.78, 5) is 10.4. The van der Waals surface area contributed by atoms with Crippen LogP contribution in [0.3, 0.4) is 0 Å². The number of phenolic OH excluding ortho intramolecular Hbond substituents is 1. The molecule has 0 atom stereocenters. The van der Waals surface area contributed by atoms with E-state index in [0.29, 0.717) is 16.7 Å². The number of phenols is 1. The number of rotatable bonds is 2.